The lowest BCUT2D eigenvalue weighted by Crippen LogP contribution is -2.42. The lowest BCUT2D eigenvalue weighted by molar-refractivity contribution is 0.274. The van der Waals surface area contributed by atoms with Crippen LogP contribution in [-0.4, -0.2) is 64.2 Å². The number of aromatic hydroxyl groups is 2. The van der Waals surface area contributed by atoms with E-state index in [2.05, 4.69) is 20.7 Å². The van der Waals surface area contributed by atoms with Gasteiger partial charge in [0, 0.05) is 44.4 Å². The quantitative estimate of drug-likeness (QED) is 0.288. The lowest BCUT2D eigenvalue weighted by atomic mass is 10.00. The highest BCUT2D eigenvalue weighted by Crippen LogP contribution is 2.32. The largest absolute Gasteiger partial charge is 0.508 e. The Morgan fingerprint density at radius 1 is 1.16 bits per heavy atom. The second kappa shape index (κ2) is 9.87. The highest BCUT2D eigenvalue weighted by Gasteiger charge is 2.32. The maximum atomic E-state index is 14.3. The number of aromatic nitrogens is 3. The normalized spacial score (nSPS) is 16.6. The van der Waals surface area contributed by atoms with Crippen molar-refractivity contribution in [1.29, 1.82) is 0 Å². The van der Waals surface area contributed by atoms with Crippen LogP contribution in [0.5, 0.6) is 11.5 Å². The van der Waals surface area contributed by atoms with Crippen molar-refractivity contribution in [3.63, 3.8) is 0 Å². The number of phenols is 2. The topological polar surface area (TPSA) is 132 Å². The SMILES string of the molecule is CNc1cnn2c(NCC3CCCN(S(=O)(=O)c4ccc(O)cc4F)C3)cc(-c3ccccc3O)nc12. The number of anilines is 2. The summed E-state index contributed by atoms with van der Waals surface area (Å²) in [7, 11) is -2.28. The predicted molar refractivity (Wildman–Crippen MR) is 138 cm³/mol. The number of rotatable bonds is 7. The fourth-order valence-electron chi connectivity index (χ4n) is 4.59. The van der Waals surface area contributed by atoms with Crippen LogP contribution in [0.25, 0.3) is 16.9 Å². The maximum absolute atomic E-state index is 14.3. The molecule has 1 aliphatic rings. The number of nitrogens with one attached hydrogen (secondary N) is 2. The van der Waals surface area contributed by atoms with Crippen molar-refractivity contribution in [2.24, 2.45) is 5.92 Å². The number of nitrogens with zero attached hydrogens (tertiary/aromatic N) is 4. The first-order chi connectivity index (χ1) is 17.8. The van der Waals surface area contributed by atoms with Crippen molar-refractivity contribution in [2.45, 2.75) is 17.7 Å². The minimum absolute atomic E-state index is 0.0418. The van der Waals surface area contributed by atoms with Crippen LogP contribution in [0, 0.1) is 11.7 Å². The number of hydrogen-bond donors (Lipinski definition) is 4. The van der Waals surface area contributed by atoms with E-state index in [1.165, 1.54) is 10.4 Å². The Morgan fingerprint density at radius 3 is 2.73 bits per heavy atom. The van der Waals surface area contributed by atoms with Crippen molar-refractivity contribution in [1.82, 2.24) is 18.9 Å². The summed E-state index contributed by atoms with van der Waals surface area (Å²) in [6.07, 6.45) is 3.08. The zero-order chi connectivity index (χ0) is 26.2. The van der Waals surface area contributed by atoms with Crippen molar-refractivity contribution in [3.8, 4) is 22.8 Å². The third-order valence-corrected chi connectivity index (χ3v) is 8.41. The van der Waals surface area contributed by atoms with E-state index in [0.717, 1.165) is 18.6 Å². The van der Waals surface area contributed by atoms with Crippen LogP contribution < -0.4 is 10.6 Å². The Morgan fingerprint density at radius 2 is 1.97 bits per heavy atom. The lowest BCUT2D eigenvalue weighted by Gasteiger charge is -2.32. The molecule has 2 aromatic carbocycles. The first kappa shape index (κ1) is 24.8. The van der Waals surface area contributed by atoms with E-state index in [1.54, 1.807) is 42.0 Å². The summed E-state index contributed by atoms with van der Waals surface area (Å²) in [6, 6.07) is 11.8. The minimum Gasteiger partial charge on any atom is -0.508 e. The van der Waals surface area contributed by atoms with Gasteiger partial charge in [0.25, 0.3) is 0 Å². The van der Waals surface area contributed by atoms with Crippen LogP contribution in [0.2, 0.25) is 0 Å². The van der Waals surface area contributed by atoms with Crippen molar-refractivity contribution >= 4 is 27.2 Å². The number of sulfonamides is 1. The molecule has 0 saturated carbocycles. The molecule has 10 nitrogen and oxygen atoms in total. The molecule has 0 amide bonds. The molecule has 5 rings (SSSR count). The zero-order valence-electron chi connectivity index (χ0n) is 20.1. The Labute approximate surface area is 213 Å². The summed E-state index contributed by atoms with van der Waals surface area (Å²) in [5, 5.41) is 30.7. The molecule has 12 heteroatoms. The molecule has 1 atom stereocenters. The number of fused-ring (bicyclic) bond motifs is 1. The van der Waals surface area contributed by atoms with Gasteiger partial charge in [-0.25, -0.2) is 17.8 Å². The van der Waals surface area contributed by atoms with Gasteiger partial charge in [0.15, 0.2) is 5.65 Å². The van der Waals surface area contributed by atoms with Crippen molar-refractivity contribution < 1.29 is 23.0 Å². The second-order valence-electron chi connectivity index (χ2n) is 8.95. The number of halogens is 1. The van der Waals surface area contributed by atoms with E-state index in [0.29, 0.717) is 47.9 Å². The molecule has 2 aromatic heterocycles. The first-order valence-electron chi connectivity index (χ1n) is 11.9. The van der Waals surface area contributed by atoms with Crippen LogP contribution >= 0.6 is 0 Å². The van der Waals surface area contributed by atoms with Gasteiger partial charge in [0.2, 0.25) is 10.0 Å². The highest BCUT2D eigenvalue weighted by molar-refractivity contribution is 7.89. The first-order valence-corrected chi connectivity index (χ1v) is 13.3. The molecule has 1 fully saturated rings. The van der Waals surface area contributed by atoms with E-state index in [9.17, 15) is 23.0 Å². The van der Waals surface area contributed by atoms with Gasteiger partial charge in [0.05, 0.1) is 17.6 Å². The Balaban J connectivity index is 1.39. The molecular weight excluding hydrogens is 499 g/mol. The van der Waals surface area contributed by atoms with Gasteiger partial charge in [0.1, 0.15) is 28.0 Å². The monoisotopic (exact) mass is 526 g/mol. The predicted octanol–water partition coefficient (Wildman–Crippen LogP) is 3.50. The summed E-state index contributed by atoms with van der Waals surface area (Å²) in [5.74, 6) is -0.612. The van der Waals surface area contributed by atoms with Gasteiger partial charge in [-0.15, -0.1) is 0 Å². The van der Waals surface area contributed by atoms with Gasteiger partial charge in [-0.05, 0) is 43.0 Å². The standard InChI is InChI=1S/C25H27FN6O4S/c1-27-21-14-29-32-24(12-20(30-25(21)32)18-6-2-3-7-22(18)34)28-13-16-5-4-10-31(15-16)37(35,36)23-9-8-17(33)11-19(23)26/h2-3,6-9,11-12,14,16,27-28,33-34H,4-5,10,13,15H2,1H3. The third kappa shape index (κ3) is 4.77. The van der Waals surface area contributed by atoms with Gasteiger partial charge < -0.3 is 20.8 Å². The van der Waals surface area contributed by atoms with E-state index in [4.69, 9.17) is 0 Å². The molecule has 1 aliphatic heterocycles. The number of hydrogen-bond acceptors (Lipinski definition) is 8. The summed E-state index contributed by atoms with van der Waals surface area (Å²) < 4.78 is 43.5. The van der Waals surface area contributed by atoms with E-state index < -0.39 is 20.7 Å². The number of piperidine rings is 1. The Kier molecular flexibility index (Phi) is 6.61. The van der Waals surface area contributed by atoms with Crippen LogP contribution in [-0.2, 0) is 10.0 Å². The molecular formula is C25H27FN6O4S. The smallest absolute Gasteiger partial charge is 0.245 e. The zero-order valence-corrected chi connectivity index (χ0v) is 20.9. The van der Waals surface area contributed by atoms with E-state index in [-0.39, 0.29) is 24.0 Å². The summed E-state index contributed by atoms with van der Waals surface area (Å²) in [4.78, 5) is 4.24. The fraction of sp³-hybridized carbons (Fsp3) is 0.280. The van der Waals surface area contributed by atoms with Crippen molar-refractivity contribution in [3.05, 3.63) is 60.5 Å². The highest BCUT2D eigenvalue weighted by atomic mass is 32.2. The molecule has 194 valence electrons. The molecule has 0 aliphatic carbocycles. The maximum Gasteiger partial charge on any atom is 0.245 e. The average molecular weight is 527 g/mol. The molecule has 1 unspecified atom stereocenters. The molecule has 0 radical (unpaired) electrons. The van der Waals surface area contributed by atoms with E-state index >= 15 is 0 Å². The van der Waals surface area contributed by atoms with Crippen LogP contribution in [0.15, 0.2) is 59.6 Å². The summed E-state index contributed by atoms with van der Waals surface area (Å²) >= 11 is 0. The Bertz CT molecular complexity index is 1560. The number of para-hydroxylation sites is 1. The van der Waals surface area contributed by atoms with Crippen LogP contribution in [0.3, 0.4) is 0 Å². The average Bonchev–Trinajstić information content (AvgIpc) is 3.31. The summed E-state index contributed by atoms with van der Waals surface area (Å²) in [6.45, 7) is 0.954. The molecule has 0 bridgehead atoms. The Hall–Kier alpha value is -3.90. The molecule has 3 heterocycles. The molecule has 4 N–H and O–H groups in total. The van der Waals surface area contributed by atoms with Gasteiger partial charge >= 0.3 is 0 Å². The van der Waals surface area contributed by atoms with Crippen molar-refractivity contribution in [2.75, 3.05) is 37.3 Å². The molecule has 1 saturated heterocycles. The van der Waals surface area contributed by atoms with Gasteiger partial charge in [-0.3, -0.25) is 0 Å². The summed E-state index contributed by atoms with van der Waals surface area (Å²) in [5.41, 5.74) is 2.41. The molecule has 4 aromatic rings. The van der Waals surface area contributed by atoms with Gasteiger partial charge in [-0.2, -0.15) is 13.9 Å². The third-order valence-electron chi connectivity index (χ3n) is 6.51. The van der Waals surface area contributed by atoms with E-state index in [1.807, 2.05) is 6.07 Å². The molecule has 37 heavy (non-hydrogen) atoms. The number of phenolic OH excluding ortho intramolecular Hbond substituents is 2. The van der Waals surface area contributed by atoms with Crippen LogP contribution in [0.4, 0.5) is 15.9 Å². The fourth-order valence-corrected chi connectivity index (χ4v) is 6.19. The van der Waals surface area contributed by atoms with Crippen LogP contribution in [0.1, 0.15) is 12.8 Å². The van der Waals surface area contributed by atoms with Gasteiger partial charge in [-0.1, -0.05) is 12.1 Å². The second-order valence-corrected chi connectivity index (χ2v) is 10.9. The molecule has 0 spiro atoms. The number of benzene rings is 2. The minimum atomic E-state index is -4.05.